The molecule has 0 saturated carbocycles. The Hall–Kier alpha value is -1.42. The minimum Gasteiger partial charge on any atom is -0.354 e. The zero-order valence-electron chi connectivity index (χ0n) is 10.5. The Morgan fingerprint density at radius 2 is 1.88 bits per heavy atom. The number of carbonyl (C=O) groups is 1. The molecule has 1 aromatic rings. The summed E-state index contributed by atoms with van der Waals surface area (Å²) in [4.78, 5) is 11.7. The number of rotatable bonds is 5. The van der Waals surface area contributed by atoms with Gasteiger partial charge in [-0.25, -0.2) is 4.39 Å². The van der Waals surface area contributed by atoms with Gasteiger partial charge in [-0.1, -0.05) is 12.1 Å². The molecule has 0 spiro atoms. The smallest absolute Gasteiger partial charge is 0.239 e. The Bertz CT molecular complexity index is 374. The van der Waals surface area contributed by atoms with Crippen molar-refractivity contribution in [3.63, 3.8) is 0 Å². The van der Waals surface area contributed by atoms with Gasteiger partial charge in [-0.3, -0.25) is 4.79 Å². The Labute approximate surface area is 101 Å². The zero-order valence-corrected chi connectivity index (χ0v) is 10.5. The molecular weight excluding hydrogens is 219 g/mol. The minimum atomic E-state index is -0.567. The van der Waals surface area contributed by atoms with E-state index < -0.39 is 5.54 Å². The zero-order chi connectivity index (χ0) is 12.9. The van der Waals surface area contributed by atoms with Gasteiger partial charge in [0, 0.05) is 6.54 Å². The van der Waals surface area contributed by atoms with Crippen LogP contribution in [-0.2, 0) is 11.2 Å². The normalized spacial score (nSPS) is 11.3. The minimum absolute atomic E-state index is 0.0397. The first-order valence-corrected chi connectivity index (χ1v) is 5.67. The lowest BCUT2D eigenvalue weighted by molar-refractivity contribution is -0.126. The molecule has 1 rings (SSSR count). The molecule has 1 amide bonds. The third-order valence-corrected chi connectivity index (χ3v) is 2.81. The van der Waals surface area contributed by atoms with Crippen LogP contribution in [0.1, 0.15) is 19.4 Å². The topological polar surface area (TPSA) is 41.1 Å². The number of likely N-dealkylation sites (N-methyl/N-ethyl adjacent to an activating group) is 1. The fourth-order valence-electron chi connectivity index (χ4n) is 1.31. The molecule has 0 aliphatic carbocycles. The SMILES string of the molecule is CNC(C)(C)C(=O)NCCc1ccc(F)cc1. The van der Waals surface area contributed by atoms with E-state index in [-0.39, 0.29) is 11.7 Å². The highest BCUT2D eigenvalue weighted by Gasteiger charge is 2.24. The second-order valence-electron chi connectivity index (χ2n) is 4.51. The first-order chi connectivity index (χ1) is 7.95. The molecular formula is C13H19FN2O. The lowest BCUT2D eigenvalue weighted by atomic mass is 10.1. The first-order valence-electron chi connectivity index (χ1n) is 5.67. The van der Waals surface area contributed by atoms with Gasteiger partial charge in [0.25, 0.3) is 0 Å². The molecule has 3 nitrogen and oxygen atoms in total. The number of amides is 1. The third-order valence-electron chi connectivity index (χ3n) is 2.81. The van der Waals surface area contributed by atoms with Crippen LogP contribution < -0.4 is 10.6 Å². The molecule has 4 heteroatoms. The predicted molar refractivity (Wildman–Crippen MR) is 66.3 cm³/mol. The van der Waals surface area contributed by atoms with E-state index in [4.69, 9.17) is 0 Å². The predicted octanol–water partition coefficient (Wildman–Crippen LogP) is 1.48. The van der Waals surface area contributed by atoms with Crippen LogP contribution in [0.15, 0.2) is 24.3 Å². The van der Waals surface area contributed by atoms with Crippen molar-refractivity contribution in [1.29, 1.82) is 0 Å². The van der Waals surface area contributed by atoms with Crippen LogP contribution >= 0.6 is 0 Å². The molecule has 0 saturated heterocycles. The molecule has 0 aliphatic heterocycles. The highest BCUT2D eigenvalue weighted by Crippen LogP contribution is 2.04. The third kappa shape index (κ3) is 4.15. The molecule has 0 unspecified atom stereocenters. The summed E-state index contributed by atoms with van der Waals surface area (Å²) in [6, 6.07) is 6.30. The fraction of sp³-hybridized carbons (Fsp3) is 0.462. The van der Waals surface area contributed by atoms with Crippen LogP contribution in [0.5, 0.6) is 0 Å². The molecule has 94 valence electrons. The largest absolute Gasteiger partial charge is 0.354 e. The van der Waals surface area contributed by atoms with Crippen LogP contribution in [0, 0.1) is 5.82 Å². The highest BCUT2D eigenvalue weighted by atomic mass is 19.1. The van der Waals surface area contributed by atoms with Crippen molar-refractivity contribution < 1.29 is 9.18 Å². The maximum atomic E-state index is 12.7. The summed E-state index contributed by atoms with van der Waals surface area (Å²) in [5, 5.41) is 5.78. The standard InChI is InChI=1S/C13H19FN2O/c1-13(2,15-3)12(17)16-9-8-10-4-6-11(14)7-5-10/h4-7,15H,8-9H2,1-3H3,(H,16,17). The molecule has 0 aromatic heterocycles. The van der Waals surface area contributed by atoms with Crippen molar-refractivity contribution in [2.45, 2.75) is 25.8 Å². The summed E-state index contributed by atoms with van der Waals surface area (Å²) >= 11 is 0. The van der Waals surface area contributed by atoms with E-state index in [2.05, 4.69) is 10.6 Å². The van der Waals surface area contributed by atoms with Gasteiger partial charge in [-0.15, -0.1) is 0 Å². The van der Waals surface area contributed by atoms with E-state index in [9.17, 15) is 9.18 Å². The van der Waals surface area contributed by atoms with Crippen LogP contribution in [0.4, 0.5) is 4.39 Å². The lowest BCUT2D eigenvalue weighted by Gasteiger charge is -2.22. The Morgan fingerprint density at radius 3 is 2.41 bits per heavy atom. The quantitative estimate of drug-likeness (QED) is 0.816. The Kier molecular flexibility index (Phi) is 4.63. The Balaban J connectivity index is 2.38. The summed E-state index contributed by atoms with van der Waals surface area (Å²) in [7, 11) is 1.75. The number of hydrogen-bond donors (Lipinski definition) is 2. The van der Waals surface area contributed by atoms with E-state index in [1.807, 2.05) is 13.8 Å². The second kappa shape index (κ2) is 5.77. The molecule has 0 fully saturated rings. The van der Waals surface area contributed by atoms with Gasteiger partial charge in [0.2, 0.25) is 5.91 Å². The number of carbonyl (C=O) groups excluding carboxylic acids is 1. The van der Waals surface area contributed by atoms with E-state index >= 15 is 0 Å². The Morgan fingerprint density at radius 1 is 1.29 bits per heavy atom. The average Bonchev–Trinajstić information content (AvgIpc) is 2.31. The van der Waals surface area contributed by atoms with E-state index in [0.717, 1.165) is 5.56 Å². The van der Waals surface area contributed by atoms with Crippen molar-refractivity contribution in [3.8, 4) is 0 Å². The number of halogens is 1. The lowest BCUT2D eigenvalue weighted by Crippen LogP contribution is -2.51. The summed E-state index contributed by atoms with van der Waals surface area (Å²) in [6.07, 6.45) is 0.700. The van der Waals surface area contributed by atoms with E-state index in [1.54, 1.807) is 19.2 Å². The van der Waals surface area contributed by atoms with Gasteiger partial charge in [-0.05, 0) is 45.0 Å². The van der Waals surface area contributed by atoms with Crippen LogP contribution in [-0.4, -0.2) is 25.0 Å². The molecule has 0 radical (unpaired) electrons. The van der Waals surface area contributed by atoms with Gasteiger partial charge in [0.05, 0.1) is 5.54 Å². The summed E-state index contributed by atoms with van der Waals surface area (Å²) in [5.41, 5.74) is 0.442. The second-order valence-corrected chi connectivity index (χ2v) is 4.51. The monoisotopic (exact) mass is 238 g/mol. The van der Waals surface area contributed by atoms with Gasteiger partial charge >= 0.3 is 0 Å². The van der Waals surface area contributed by atoms with Gasteiger partial charge in [-0.2, -0.15) is 0 Å². The van der Waals surface area contributed by atoms with Crippen molar-refractivity contribution in [2.75, 3.05) is 13.6 Å². The highest BCUT2D eigenvalue weighted by molar-refractivity contribution is 5.85. The maximum absolute atomic E-state index is 12.7. The molecule has 0 aliphatic rings. The maximum Gasteiger partial charge on any atom is 0.239 e. The molecule has 0 bridgehead atoms. The first kappa shape index (κ1) is 13.6. The summed E-state index contributed by atoms with van der Waals surface area (Å²) < 4.78 is 12.7. The van der Waals surface area contributed by atoms with Crippen LogP contribution in [0.2, 0.25) is 0 Å². The number of hydrogen-bond acceptors (Lipinski definition) is 2. The molecule has 1 aromatic carbocycles. The molecule has 2 N–H and O–H groups in total. The number of benzene rings is 1. The van der Waals surface area contributed by atoms with Gasteiger partial charge < -0.3 is 10.6 Å². The van der Waals surface area contributed by atoms with E-state index in [1.165, 1.54) is 12.1 Å². The molecule has 0 atom stereocenters. The average molecular weight is 238 g/mol. The van der Waals surface area contributed by atoms with Gasteiger partial charge in [0.15, 0.2) is 0 Å². The van der Waals surface area contributed by atoms with Crippen molar-refractivity contribution >= 4 is 5.91 Å². The van der Waals surface area contributed by atoms with Crippen molar-refractivity contribution in [1.82, 2.24) is 10.6 Å². The fourth-order valence-corrected chi connectivity index (χ4v) is 1.31. The van der Waals surface area contributed by atoms with Crippen LogP contribution in [0.3, 0.4) is 0 Å². The molecule has 0 heterocycles. The van der Waals surface area contributed by atoms with Crippen molar-refractivity contribution in [2.24, 2.45) is 0 Å². The van der Waals surface area contributed by atoms with Gasteiger partial charge in [0.1, 0.15) is 5.82 Å². The van der Waals surface area contributed by atoms with Crippen LogP contribution in [0.25, 0.3) is 0 Å². The summed E-state index contributed by atoms with van der Waals surface area (Å²) in [5.74, 6) is -0.281. The summed E-state index contributed by atoms with van der Waals surface area (Å²) in [6.45, 7) is 4.19. The number of nitrogens with one attached hydrogen (secondary N) is 2. The van der Waals surface area contributed by atoms with Crippen molar-refractivity contribution in [3.05, 3.63) is 35.6 Å². The molecule has 17 heavy (non-hydrogen) atoms. The van der Waals surface area contributed by atoms with E-state index in [0.29, 0.717) is 13.0 Å².